The Kier molecular flexibility index (Phi) is 6.29. The summed E-state index contributed by atoms with van der Waals surface area (Å²) < 4.78 is 4.70. The Balaban J connectivity index is 2.25. The van der Waals surface area contributed by atoms with Crippen molar-refractivity contribution in [2.24, 2.45) is 0 Å². The van der Waals surface area contributed by atoms with Crippen LogP contribution in [0.4, 0.5) is 5.69 Å². The number of anilines is 1. The SMILES string of the molecule is COC(=O)c1ccccc1NC(=O)/C(C#N)=C\c1ccc(C(C)C)cc1. The average molecular weight is 348 g/mol. The van der Waals surface area contributed by atoms with Gasteiger partial charge >= 0.3 is 5.97 Å². The Bertz CT molecular complexity index is 875. The summed E-state index contributed by atoms with van der Waals surface area (Å²) in [6.07, 6.45) is 1.51. The fourth-order valence-corrected chi connectivity index (χ4v) is 2.36. The van der Waals surface area contributed by atoms with E-state index in [1.807, 2.05) is 30.3 Å². The van der Waals surface area contributed by atoms with Crippen LogP contribution in [0.2, 0.25) is 0 Å². The lowest BCUT2D eigenvalue weighted by Gasteiger charge is -2.09. The number of amides is 1. The number of hydrogen-bond acceptors (Lipinski definition) is 4. The molecule has 0 bridgehead atoms. The van der Waals surface area contributed by atoms with Crippen molar-refractivity contribution >= 4 is 23.6 Å². The second kappa shape index (κ2) is 8.63. The minimum atomic E-state index is -0.586. The van der Waals surface area contributed by atoms with Crippen molar-refractivity contribution in [2.45, 2.75) is 19.8 Å². The number of carbonyl (C=O) groups is 2. The lowest BCUT2D eigenvalue weighted by atomic mass is 10.0. The van der Waals surface area contributed by atoms with E-state index in [0.29, 0.717) is 11.6 Å². The molecule has 132 valence electrons. The van der Waals surface area contributed by atoms with E-state index in [1.165, 1.54) is 18.7 Å². The first-order chi connectivity index (χ1) is 12.5. The Labute approximate surface area is 152 Å². The Morgan fingerprint density at radius 3 is 2.35 bits per heavy atom. The second-order valence-corrected chi connectivity index (χ2v) is 5.98. The molecular weight excluding hydrogens is 328 g/mol. The highest BCUT2D eigenvalue weighted by Crippen LogP contribution is 2.19. The molecule has 0 radical (unpaired) electrons. The number of benzene rings is 2. The number of nitrogens with one attached hydrogen (secondary N) is 1. The maximum absolute atomic E-state index is 12.4. The number of nitrogens with zero attached hydrogens (tertiary/aromatic N) is 1. The largest absolute Gasteiger partial charge is 0.465 e. The molecule has 0 aliphatic carbocycles. The zero-order valence-electron chi connectivity index (χ0n) is 14.9. The van der Waals surface area contributed by atoms with E-state index in [4.69, 9.17) is 4.74 Å². The number of rotatable bonds is 5. The van der Waals surface area contributed by atoms with E-state index < -0.39 is 11.9 Å². The van der Waals surface area contributed by atoms with Crippen molar-refractivity contribution in [3.63, 3.8) is 0 Å². The van der Waals surface area contributed by atoms with Crippen LogP contribution in [0.15, 0.2) is 54.1 Å². The lowest BCUT2D eigenvalue weighted by Crippen LogP contribution is -2.16. The van der Waals surface area contributed by atoms with Crippen LogP contribution in [-0.4, -0.2) is 19.0 Å². The summed E-state index contributed by atoms with van der Waals surface area (Å²) in [5.41, 5.74) is 2.39. The van der Waals surface area contributed by atoms with Crippen LogP contribution in [0.5, 0.6) is 0 Å². The van der Waals surface area contributed by atoms with E-state index in [9.17, 15) is 14.9 Å². The maximum Gasteiger partial charge on any atom is 0.339 e. The molecule has 0 saturated heterocycles. The van der Waals surface area contributed by atoms with Crippen LogP contribution in [-0.2, 0) is 9.53 Å². The van der Waals surface area contributed by atoms with E-state index in [2.05, 4.69) is 19.2 Å². The van der Waals surface area contributed by atoms with E-state index >= 15 is 0 Å². The van der Waals surface area contributed by atoms with Crippen LogP contribution in [0.3, 0.4) is 0 Å². The van der Waals surface area contributed by atoms with Crippen LogP contribution >= 0.6 is 0 Å². The molecule has 0 heterocycles. The summed E-state index contributed by atoms with van der Waals surface area (Å²) in [4.78, 5) is 24.2. The van der Waals surface area contributed by atoms with Gasteiger partial charge in [-0.1, -0.05) is 50.2 Å². The molecule has 0 fully saturated rings. The predicted octanol–water partition coefficient (Wildman–Crippen LogP) is 4.14. The minimum Gasteiger partial charge on any atom is -0.465 e. The normalized spacial score (nSPS) is 11.0. The van der Waals surface area contributed by atoms with Gasteiger partial charge in [0.25, 0.3) is 5.91 Å². The van der Waals surface area contributed by atoms with Gasteiger partial charge in [-0.3, -0.25) is 4.79 Å². The molecule has 0 atom stereocenters. The highest BCUT2D eigenvalue weighted by atomic mass is 16.5. The van der Waals surface area contributed by atoms with Gasteiger partial charge < -0.3 is 10.1 Å². The van der Waals surface area contributed by atoms with Gasteiger partial charge in [-0.25, -0.2) is 4.79 Å². The molecule has 0 spiro atoms. The van der Waals surface area contributed by atoms with Gasteiger partial charge in [0.15, 0.2) is 0 Å². The smallest absolute Gasteiger partial charge is 0.339 e. The van der Waals surface area contributed by atoms with Crippen LogP contribution in [0.1, 0.15) is 41.3 Å². The van der Waals surface area contributed by atoms with Crippen molar-refractivity contribution in [3.8, 4) is 6.07 Å². The molecule has 0 aliphatic heterocycles. The Morgan fingerprint density at radius 2 is 1.77 bits per heavy atom. The Hall–Kier alpha value is -3.39. The molecule has 2 rings (SSSR count). The first-order valence-corrected chi connectivity index (χ1v) is 8.16. The van der Waals surface area contributed by atoms with E-state index in [-0.39, 0.29) is 11.1 Å². The average Bonchev–Trinajstić information content (AvgIpc) is 2.66. The zero-order valence-corrected chi connectivity index (χ0v) is 14.9. The fourth-order valence-electron chi connectivity index (χ4n) is 2.36. The molecule has 0 aliphatic rings. The third-order valence-corrected chi connectivity index (χ3v) is 3.86. The van der Waals surface area contributed by atoms with Gasteiger partial charge in [0.2, 0.25) is 0 Å². The van der Waals surface area contributed by atoms with Gasteiger partial charge in [0, 0.05) is 0 Å². The van der Waals surface area contributed by atoms with Crippen molar-refractivity contribution < 1.29 is 14.3 Å². The number of methoxy groups -OCH3 is 1. The molecule has 2 aromatic carbocycles. The van der Waals surface area contributed by atoms with Gasteiger partial charge in [-0.15, -0.1) is 0 Å². The summed E-state index contributed by atoms with van der Waals surface area (Å²) in [7, 11) is 1.27. The van der Waals surface area contributed by atoms with E-state index in [1.54, 1.807) is 24.3 Å². The third kappa shape index (κ3) is 4.58. The van der Waals surface area contributed by atoms with Gasteiger partial charge in [-0.2, -0.15) is 5.26 Å². The number of ether oxygens (including phenoxy) is 1. The number of carbonyl (C=O) groups excluding carboxylic acids is 2. The molecule has 2 aromatic rings. The fraction of sp³-hybridized carbons (Fsp3) is 0.190. The molecule has 0 saturated carbocycles. The quantitative estimate of drug-likeness (QED) is 0.500. The maximum atomic E-state index is 12.4. The highest BCUT2D eigenvalue weighted by Gasteiger charge is 2.15. The Morgan fingerprint density at radius 1 is 1.12 bits per heavy atom. The zero-order chi connectivity index (χ0) is 19.1. The summed E-state index contributed by atoms with van der Waals surface area (Å²) in [5.74, 6) is -0.744. The van der Waals surface area contributed by atoms with Crippen LogP contribution in [0, 0.1) is 11.3 Å². The summed E-state index contributed by atoms with van der Waals surface area (Å²) in [6, 6.07) is 16.0. The number of nitriles is 1. The molecule has 5 nitrogen and oxygen atoms in total. The highest BCUT2D eigenvalue weighted by molar-refractivity contribution is 6.11. The molecule has 0 aromatic heterocycles. The van der Waals surface area contributed by atoms with Crippen molar-refractivity contribution in [3.05, 3.63) is 70.8 Å². The second-order valence-electron chi connectivity index (χ2n) is 5.98. The number of esters is 1. The van der Waals surface area contributed by atoms with Crippen molar-refractivity contribution in [1.29, 1.82) is 5.26 Å². The molecule has 5 heteroatoms. The first kappa shape index (κ1) is 18.9. The third-order valence-electron chi connectivity index (χ3n) is 3.86. The first-order valence-electron chi connectivity index (χ1n) is 8.16. The summed E-state index contributed by atoms with van der Waals surface area (Å²) in [5, 5.41) is 11.9. The number of hydrogen-bond donors (Lipinski definition) is 1. The monoisotopic (exact) mass is 348 g/mol. The van der Waals surface area contributed by atoms with E-state index in [0.717, 1.165) is 5.56 Å². The molecule has 26 heavy (non-hydrogen) atoms. The van der Waals surface area contributed by atoms with Gasteiger partial charge in [0.1, 0.15) is 11.6 Å². The number of para-hydroxylation sites is 1. The lowest BCUT2D eigenvalue weighted by molar-refractivity contribution is -0.112. The molecule has 1 N–H and O–H groups in total. The van der Waals surface area contributed by atoms with Crippen LogP contribution < -0.4 is 5.32 Å². The summed E-state index contributed by atoms with van der Waals surface area (Å²) >= 11 is 0. The van der Waals surface area contributed by atoms with Crippen molar-refractivity contribution in [1.82, 2.24) is 0 Å². The molecular formula is C21H20N2O3. The van der Waals surface area contributed by atoms with Gasteiger partial charge in [-0.05, 0) is 35.3 Å². The topological polar surface area (TPSA) is 79.2 Å². The standard InChI is InChI=1S/C21H20N2O3/c1-14(2)16-10-8-15(9-11-16)12-17(13-22)20(24)23-19-7-5-4-6-18(19)21(25)26-3/h4-12,14H,1-3H3,(H,23,24)/b17-12-. The van der Waals surface area contributed by atoms with Gasteiger partial charge in [0.05, 0.1) is 18.4 Å². The molecule has 0 unspecified atom stereocenters. The predicted molar refractivity (Wildman–Crippen MR) is 101 cm³/mol. The molecule has 1 amide bonds. The van der Waals surface area contributed by atoms with Crippen molar-refractivity contribution in [2.75, 3.05) is 12.4 Å². The summed E-state index contributed by atoms with van der Waals surface area (Å²) in [6.45, 7) is 4.19. The van der Waals surface area contributed by atoms with Crippen LogP contribution in [0.25, 0.3) is 6.08 Å². The minimum absolute atomic E-state index is 0.0537.